The first-order valence-corrected chi connectivity index (χ1v) is 8.03. The van der Waals surface area contributed by atoms with Gasteiger partial charge in [0, 0.05) is 19.0 Å². The van der Waals surface area contributed by atoms with Crippen molar-refractivity contribution in [2.75, 3.05) is 13.2 Å². The van der Waals surface area contributed by atoms with E-state index < -0.39 is 6.10 Å². The van der Waals surface area contributed by atoms with E-state index in [9.17, 15) is 14.3 Å². The summed E-state index contributed by atoms with van der Waals surface area (Å²) in [6, 6.07) is 8.98. The van der Waals surface area contributed by atoms with E-state index in [1.807, 2.05) is 0 Å². The van der Waals surface area contributed by atoms with Crippen molar-refractivity contribution in [1.82, 2.24) is 4.90 Å². The number of hydrogen-bond donors (Lipinski definition) is 1. The maximum atomic E-state index is 12.9. The summed E-state index contributed by atoms with van der Waals surface area (Å²) in [5.74, 6) is 0.488. The molecule has 3 rings (SSSR count). The molecule has 5 nitrogen and oxygen atoms in total. The number of ether oxygens (including phenoxy) is 1. The average molecular weight is 333 g/mol. The Morgan fingerprint density at radius 2 is 2.17 bits per heavy atom. The van der Waals surface area contributed by atoms with Crippen LogP contribution in [0.2, 0.25) is 0 Å². The highest BCUT2D eigenvalue weighted by Crippen LogP contribution is 2.27. The van der Waals surface area contributed by atoms with Gasteiger partial charge in [-0.3, -0.25) is 4.79 Å². The van der Waals surface area contributed by atoms with Gasteiger partial charge in [0.25, 0.3) is 5.91 Å². The molecule has 1 amide bonds. The van der Waals surface area contributed by atoms with Crippen LogP contribution >= 0.6 is 0 Å². The smallest absolute Gasteiger partial charge is 0.260 e. The largest absolute Gasteiger partial charge is 0.484 e. The molecule has 6 heteroatoms. The van der Waals surface area contributed by atoms with Gasteiger partial charge in [-0.15, -0.1) is 0 Å². The molecule has 0 bridgehead atoms. The minimum absolute atomic E-state index is 0.0329. The Labute approximate surface area is 139 Å². The number of carbonyl (C=O) groups is 1. The summed E-state index contributed by atoms with van der Waals surface area (Å²) < 4.78 is 23.5. The Bertz CT molecular complexity index is 656. The van der Waals surface area contributed by atoms with Gasteiger partial charge in [0.05, 0.1) is 6.26 Å². The summed E-state index contributed by atoms with van der Waals surface area (Å²) in [6.07, 6.45) is 2.98. The number of furan rings is 1. The quantitative estimate of drug-likeness (QED) is 0.883. The first-order chi connectivity index (χ1) is 11.6. The molecule has 0 saturated carbocycles. The summed E-state index contributed by atoms with van der Waals surface area (Å²) >= 11 is 0. The van der Waals surface area contributed by atoms with Gasteiger partial charge >= 0.3 is 0 Å². The molecule has 1 aliphatic heterocycles. The molecule has 1 aromatic carbocycles. The SMILES string of the molecule is O=C(COc1ccc(F)cc1)N1CCC[C@H]1C[C@@H](O)c1ccco1. The monoisotopic (exact) mass is 333 g/mol. The van der Waals surface area contributed by atoms with E-state index in [4.69, 9.17) is 9.15 Å². The van der Waals surface area contributed by atoms with Gasteiger partial charge in [-0.1, -0.05) is 0 Å². The van der Waals surface area contributed by atoms with Crippen molar-refractivity contribution in [1.29, 1.82) is 0 Å². The molecule has 1 aliphatic rings. The van der Waals surface area contributed by atoms with Crippen molar-refractivity contribution in [3.63, 3.8) is 0 Å². The molecule has 1 N–H and O–H groups in total. The van der Waals surface area contributed by atoms with Crippen LogP contribution < -0.4 is 4.74 Å². The van der Waals surface area contributed by atoms with Gasteiger partial charge in [0.15, 0.2) is 6.61 Å². The van der Waals surface area contributed by atoms with E-state index in [1.54, 1.807) is 17.0 Å². The highest BCUT2D eigenvalue weighted by Gasteiger charge is 2.31. The Hall–Kier alpha value is -2.34. The Morgan fingerprint density at radius 3 is 2.88 bits per heavy atom. The summed E-state index contributed by atoms with van der Waals surface area (Å²) in [7, 11) is 0. The lowest BCUT2D eigenvalue weighted by atomic mass is 10.1. The first kappa shape index (κ1) is 16.5. The van der Waals surface area contributed by atoms with Gasteiger partial charge in [0.1, 0.15) is 23.4 Å². The van der Waals surface area contributed by atoms with Crippen LogP contribution in [0.25, 0.3) is 0 Å². The van der Waals surface area contributed by atoms with Crippen LogP contribution in [0, 0.1) is 5.82 Å². The molecule has 0 radical (unpaired) electrons. The predicted octanol–water partition coefficient (Wildman–Crippen LogP) is 2.91. The van der Waals surface area contributed by atoms with E-state index in [0.717, 1.165) is 12.8 Å². The number of aliphatic hydroxyl groups excluding tert-OH is 1. The third-order valence-electron chi connectivity index (χ3n) is 4.24. The lowest BCUT2D eigenvalue weighted by molar-refractivity contribution is -0.134. The maximum absolute atomic E-state index is 12.9. The molecule has 0 unspecified atom stereocenters. The fraction of sp³-hybridized carbons (Fsp3) is 0.389. The standard InChI is InChI=1S/C18H20FNO4/c19-13-5-7-15(8-6-13)24-12-18(22)20-9-1-3-14(20)11-16(21)17-4-2-10-23-17/h2,4-8,10,14,16,21H,1,3,9,11-12H2/t14-,16+/m0/s1. The highest BCUT2D eigenvalue weighted by molar-refractivity contribution is 5.78. The van der Waals surface area contributed by atoms with Crippen molar-refractivity contribution in [2.45, 2.75) is 31.4 Å². The molecule has 1 saturated heterocycles. The zero-order valence-corrected chi connectivity index (χ0v) is 13.2. The zero-order valence-electron chi connectivity index (χ0n) is 13.2. The number of carbonyl (C=O) groups excluding carboxylic acids is 1. The summed E-state index contributed by atoms with van der Waals surface area (Å²) in [5, 5.41) is 10.2. The number of hydrogen-bond acceptors (Lipinski definition) is 4. The molecular weight excluding hydrogens is 313 g/mol. The molecular formula is C18H20FNO4. The summed E-state index contributed by atoms with van der Waals surface area (Å²) in [5.41, 5.74) is 0. The van der Waals surface area contributed by atoms with E-state index in [1.165, 1.54) is 30.5 Å². The Balaban J connectivity index is 1.54. The molecule has 2 atom stereocenters. The third kappa shape index (κ3) is 3.94. The number of rotatable bonds is 6. The molecule has 128 valence electrons. The normalized spacial score (nSPS) is 18.6. The number of likely N-dealkylation sites (tertiary alicyclic amines) is 1. The molecule has 1 aromatic heterocycles. The van der Waals surface area contributed by atoms with Crippen LogP contribution in [0.15, 0.2) is 47.1 Å². The summed E-state index contributed by atoms with van der Waals surface area (Å²) in [4.78, 5) is 14.1. The second kappa shape index (κ2) is 7.49. The van der Waals surface area contributed by atoms with Crippen LogP contribution in [0.1, 0.15) is 31.1 Å². The maximum Gasteiger partial charge on any atom is 0.260 e. The van der Waals surface area contributed by atoms with Crippen molar-refractivity contribution < 1.29 is 23.4 Å². The van der Waals surface area contributed by atoms with Crippen LogP contribution in [-0.2, 0) is 4.79 Å². The second-order valence-corrected chi connectivity index (χ2v) is 5.89. The topological polar surface area (TPSA) is 62.9 Å². The molecule has 1 fully saturated rings. The van der Waals surface area contributed by atoms with Crippen molar-refractivity contribution in [3.05, 3.63) is 54.2 Å². The number of amides is 1. The van der Waals surface area contributed by atoms with Gasteiger partial charge in [-0.2, -0.15) is 0 Å². The van der Waals surface area contributed by atoms with Crippen molar-refractivity contribution in [3.8, 4) is 5.75 Å². The first-order valence-electron chi connectivity index (χ1n) is 8.03. The van der Waals surface area contributed by atoms with Crippen LogP contribution in [0.4, 0.5) is 4.39 Å². The molecule has 24 heavy (non-hydrogen) atoms. The third-order valence-corrected chi connectivity index (χ3v) is 4.24. The minimum atomic E-state index is -0.726. The van der Waals surface area contributed by atoms with E-state index >= 15 is 0 Å². The lowest BCUT2D eigenvalue weighted by Gasteiger charge is -2.26. The summed E-state index contributed by atoms with van der Waals surface area (Å²) in [6.45, 7) is 0.556. The second-order valence-electron chi connectivity index (χ2n) is 5.89. The fourth-order valence-corrected chi connectivity index (χ4v) is 3.02. The Morgan fingerprint density at radius 1 is 1.38 bits per heavy atom. The average Bonchev–Trinajstić information content (AvgIpc) is 3.25. The van der Waals surface area contributed by atoms with Crippen molar-refractivity contribution in [2.24, 2.45) is 0 Å². The van der Waals surface area contributed by atoms with E-state index in [0.29, 0.717) is 24.5 Å². The van der Waals surface area contributed by atoms with Gasteiger partial charge < -0.3 is 19.2 Å². The van der Waals surface area contributed by atoms with Crippen LogP contribution in [0.3, 0.4) is 0 Å². The van der Waals surface area contributed by atoms with Crippen LogP contribution in [-0.4, -0.2) is 35.1 Å². The number of halogens is 1. The highest BCUT2D eigenvalue weighted by atomic mass is 19.1. The van der Waals surface area contributed by atoms with E-state index in [-0.39, 0.29) is 24.4 Å². The minimum Gasteiger partial charge on any atom is -0.484 e. The van der Waals surface area contributed by atoms with Gasteiger partial charge in [0.2, 0.25) is 0 Å². The van der Waals surface area contributed by atoms with Gasteiger partial charge in [-0.05, 0) is 49.2 Å². The predicted molar refractivity (Wildman–Crippen MR) is 84.9 cm³/mol. The molecule has 2 heterocycles. The van der Waals surface area contributed by atoms with Crippen LogP contribution in [0.5, 0.6) is 5.75 Å². The molecule has 0 spiro atoms. The number of benzene rings is 1. The van der Waals surface area contributed by atoms with Crippen molar-refractivity contribution >= 4 is 5.91 Å². The molecule has 2 aromatic rings. The lowest BCUT2D eigenvalue weighted by Crippen LogP contribution is -2.39. The Kier molecular flexibility index (Phi) is 5.15. The van der Waals surface area contributed by atoms with Gasteiger partial charge in [-0.25, -0.2) is 4.39 Å². The van der Waals surface area contributed by atoms with E-state index in [2.05, 4.69) is 0 Å². The number of aliphatic hydroxyl groups is 1. The zero-order chi connectivity index (χ0) is 16.9. The molecule has 0 aliphatic carbocycles. The number of nitrogens with zero attached hydrogens (tertiary/aromatic N) is 1. The fourth-order valence-electron chi connectivity index (χ4n) is 3.02.